The van der Waals surface area contributed by atoms with Crippen molar-refractivity contribution >= 4 is 17.7 Å². The van der Waals surface area contributed by atoms with Crippen molar-refractivity contribution in [3.05, 3.63) is 65.9 Å². The SMILES string of the molecule is CC(C)(C)OC(=O)N1CCO[C@@H](c2ccc(NC(=O)c3cc(-c4cccc(OC(F)F)c4)n[nH]3)cc2)C1. The fourth-order valence-corrected chi connectivity index (χ4v) is 3.74. The van der Waals surface area contributed by atoms with Crippen LogP contribution in [0.4, 0.5) is 19.3 Å². The number of aromatic amines is 1. The Labute approximate surface area is 212 Å². The zero-order valence-electron chi connectivity index (χ0n) is 20.7. The number of ether oxygens (including phenoxy) is 3. The number of hydrogen-bond donors (Lipinski definition) is 2. The molecule has 0 aliphatic carbocycles. The number of H-pyrrole nitrogens is 1. The summed E-state index contributed by atoms with van der Waals surface area (Å²) < 4.78 is 40.7. The van der Waals surface area contributed by atoms with E-state index in [1.165, 1.54) is 18.2 Å². The maximum absolute atomic E-state index is 12.7. The number of carbonyl (C=O) groups excluding carboxylic acids is 2. The van der Waals surface area contributed by atoms with E-state index in [0.717, 1.165) is 5.56 Å². The van der Waals surface area contributed by atoms with Crippen LogP contribution < -0.4 is 10.1 Å². The van der Waals surface area contributed by atoms with Crippen molar-refractivity contribution in [3.63, 3.8) is 0 Å². The number of amides is 2. The standard InChI is InChI=1S/C26H28F2N4O5/c1-26(2,3)37-25(34)32-11-12-35-22(15-32)16-7-9-18(10-8-16)29-23(33)21-14-20(30-31-21)17-5-4-6-19(13-17)36-24(27)28/h4-10,13-14,22,24H,11-12,15H2,1-3H3,(H,29,33)(H,30,31)/t22-/m1/s1. The van der Waals surface area contributed by atoms with E-state index >= 15 is 0 Å². The normalized spacial score (nSPS) is 15.9. The summed E-state index contributed by atoms with van der Waals surface area (Å²) in [5.41, 5.74) is 1.96. The third-order valence-electron chi connectivity index (χ3n) is 5.44. The van der Waals surface area contributed by atoms with Gasteiger partial charge in [0, 0.05) is 17.8 Å². The second kappa shape index (κ2) is 11.0. The number of hydrogen-bond acceptors (Lipinski definition) is 6. The van der Waals surface area contributed by atoms with E-state index in [-0.39, 0.29) is 23.6 Å². The Kier molecular flexibility index (Phi) is 7.72. The van der Waals surface area contributed by atoms with E-state index in [4.69, 9.17) is 9.47 Å². The van der Waals surface area contributed by atoms with E-state index in [0.29, 0.717) is 36.6 Å². The van der Waals surface area contributed by atoms with Gasteiger partial charge in [0.25, 0.3) is 5.91 Å². The van der Waals surface area contributed by atoms with Crippen molar-refractivity contribution in [2.45, 2.75) is 39.1 Å². The molecule has 3 aromatic rings. The molecule has 1 aliphatic heterocycles. The Morgan fingerprint density at radius 2 is 1.92 bits per heavy atom. The largest absolute Gasteiger partial charge is 0.444 e. The van der Waals surface area contributed by atoms with Crippen LogP contribution in [0.3, 0.4) is 0 Å². The molecule has 4 rings (SSSR count). The molecule has 0 spiro atoms. The van der Waals surface area contributed by atoms with Gasteiger partial charge in [-0.1, -0.05) is 24.3 Å². The van der Waals surface area contributed by atoms with Gasteiger partial charge in [0.05, 0.1) is 18.8 Å². The van der Waals surface area contributed by atoms with Crippen molar-refractivity contribution in [3.8, 4) is 17.0 Å². The number of nitrogens with one attached hydrogen (secondary N) is 2. The molecule has 1 fully saturated rings. The van der Waals surface area contributed by atoms with Gasteiger partial charge in [-0.05, 0) is 56.7 Å². The number of anilines is 1. The van der Waals surface area contributed by atoms with Crippen molar-refractivity contribution < 1.29 is 32.6 Å². The first-order chi connectivity index (χ1) is 17.6. The predicted octanol–water partition coefficient (Wildman–Crippen LogP) is 5.24. The Hall–Kier alpha value is -3.99. The number of alkyl halides is 2. The maximum Gasteiger partial charge on any atom is 0.410 e. The van der Waals surface area contributed by atoms with Crippen LogP contribution in [-0.4, -0.2) is 59.0 Å². The second-order valence-electron chi connectivity index (χ2n) is 9.44. The second-order valence-corrected chi connectivity index (χ2v) is 9.44. The molecule has 0 saturated carbocycles. The molecular formula is C26H28F2N4O5. The van der Waals surface area contributed by atoms with Crippen LogP contribution in [0.2, 0.25) is 0 Å². The highest BCUT2D eigenvalue weighted by Gasteiger charge is 2.29. The van der Waals surface area contributed by atoms with Crippen LogP contribution in [0, 0.1) is 0 Å². The zero-order chi connectivity index (χ0) is 26.6. The van der Waals surface area contributed by atoms with Gasteiger partial charge in [-0.25, -0.2) is 4.79 Å². The Morgan fingerprint density at radius 3 is 2.62 bits per heavy atom. The molecule has 1 aromatic heterocycles. The molecule has 1 aliphatic rings. The van der Waals surface area contributed by atoms with Crippen LogP contribution in [-0.2, 0) is 9.47 Å². The number of nitrogens with zero attached hydrogens (tertiary/aromatic N) is 2. The molecule has 1 atom stereocenters. The summed E-state index contributed by atoms with van der Waals surface area (Å²) >= 11 is 0. The lowest BCUT2D eigenvalue weighted by Crippen LogP contribution is -2.44. The Morgan fingerprint density at radius 1 is 1.16 bits per heavy atom. The lowest BCUT2D eigenvalue weighted by atomic mass is 10.1. The lowest BCUT2D eigenvalue weighted by Gasteiger charge is -2.34. The molecule has 196 valence electrons. The van der Waals surface area contributed by atoms with E-state index in [1.807, 2.05) is 32.9 Å². The van der Waals surface area contributed by atoms with Crippen LogP contribution >= 0.6 is 0 Å². The molecule has 0 unspecified atom stereocenters. The first-order valence-corrected chi connectivity index (χ1v) is 11.7. The monoisotopic (exact) mass is 514 g/mol. The highest BCUT2D eigenvalue weighted by Crippen LogP contribution is 2.26. The highest BCUT2D eigenvalue weighted by atomic mass is 19.3. The third-order valence-corrected chi connectivity index (χ3v) is 5.44. The number of halogens is 2. The fraction of sp³-hybridized carbons (Fsp3) is 0.346. The summed E-state index contributed by atoms with van der Waals surface area (Å²) in [5.74, 6) is -0.422. The predicted molar refractivity (Wildman–Crippen MR) is 132 cm³/mol. The van der Waals surface area contributed by atoms with Crippen LogP contribution in [0.1, 0.15) is 42.9 Å². The molecule has 2 N–H and O–H groups in total. The highest BCUT2D eigenvalue weighted by molar-refractivity contribution is 6.03. The molecule has 2 amide bonds. The molecule has 1 saturated heterocycles. The minimum Gasteiger partial charge on any atom is -0.444 e. The molecular weight excluding hydrogens is 486 g/mol. The molecule has 37 heavy (non-hydrogen) atoms. The van der Waals surface area contributed by atoms with E-state index in [9.17, 15) is 18.4 Å². The summed E-state index contributed by atoms with van der Waals surface area (Å²) in [4.78, 5) is 26.7. The molecule has 0 radical (unpaired) electrons. The smallest absolute Gasteiger partial charge is 0.410 e. The van der Waals surface area contributed by atoms with Gasteiger partial charge in [0.1, 0.15) is 23.1 Å². The number of morpholine rings is 1. The van der Waals surface area contributed by atoms with Gasteiger partial charge in [-0.2, -0.15) is 13.9 Å². The summed E-state index contributed by atoms with van der Waals surface area (Å²) in [6.07, 6.45) is -0.692. The molecule has 2 heterocycles. The fourth-order valence-electron chi connectivity index (χ4n) is 3.74. The third kappa shape index (κ3) is 7.04. The minimum absolute atomic E-state index is 0.00208. The average molecular weight is 515 g/mol. The van der Waals surface area contributed by atoms with Gasteiger partial charge in [0.15, 0.2) is 0 Å². The van der Waals surface area contributed by atoms with Crippen molar-refractivity contribution in [1.82, 2.24) is 15.1 Å². The number of rotatable bonds is 6. The summed E-state index contributed by atoms with van der Waals surface area (Å²) in [6, 6.07) is 14.7. The minimum atomic E-state index is -2.93. The maximum atomic E-state index is 12.7. The molecule has 11 heteroatoms. The number of aromatic nitrogens is 2. The zero-order valence-corrected chi connectivity index (χ0v) is 20.7. The number of benzene rings is 2. The summed E-state index contributed by atoms with van der Waals surface area (Å²) in [5, 5.41) is 9.54. The molecule has 9 nitrogen and oxygen atoms in total. The van der Waals surface area contributed by atoms with E-state index < -0.39 is 18.1 Å². The van der Waals surface area contributed by atoms with Gasteiger partial charge in [-0.15, -0.1) is 0 Å². The van der Waals surface area contributed by atoms with Crippen LogP contribution in [0.25, 0.3) is 11.3 Å². The van der Waals surface area contributed by atoms with Gasteiger partial charge >= 0.3 is 12.7 Å². The van der Waals surface area contributed by atoms with Crippen molar-refractivity contribution in [2.24, 2.45) is 0 Å². The van der Waals surface area contributed by atoms with Crippen LogP contribution in [0.5, 0.6) is 5.75 Å². The topological polar surface area (TPSA) is 106 Å². The van der Waals surface area contributed by atoms with Gasteiger partial charge in [-0.3, -0.25) is 9.89 Å². The van der Waals surface area contributed by atoms with Crippen molar-refractivity contribution in [2.75, 3.05) is 25.0 Å². The van der Waals surface area contributed by atoms with E-state index in [1.54, 1.807) is 29.2 Å². The average Bonchev–Trinajstić information content (AvgIpc) is 3.34. The van der Waals surface area contributed by atoms with Gasteiger partial charge in [0.2, 0.25) is 0 Å². The van der Waals surface area contributed by atoms with E-state index in [2.05, 4.69) is 20.3 Å². The summed E-state index contributed by atoms with van der Waals surface area (Å²) in [7, 11) is 0. The quantitative estimate of drug-likeness (QED) is 0.466. The molecule has 2 aromatic carbocycles. The summed E-state index contributed by atoms with van der Waals surface area (Å²) in [6.45, 7) is 3.74. The van der Waals surface area contributed by atoms with Crippen molar-refractivity contribution in [1.29, 1.82) is 0 Å². The van der Waals surface area contributed by atoms with Crippen LogP contribution in [0.15, 0.2) is 54.6 Å². The Balaban J connectivity index is 1.37. The lowest BCUT2D eigenvalue weighted by molar-refractivity contribution is -0.0498. The van der Waals surface area contributed by atoms with Gasteiger partial charge < -0.3 is 24.4 Å². The number of carbonyl (C=O) groups is 2. The Bertz CT molecular complexity index is 1240. The first-order valence-electron chi connectivity index (χ1n) is 11.7. The molecule has 0 bridgehead atoms. The first kappa shape index (κ1) is 26.1.